The van der Waals surface area contributed by atoms with Crippen LogP contribution in [0.5, 0.6) is 0 Å². The summed E-state index contributed by atoms with van der Waals surface area (Å²) < 4.78 is 0. The third-order valence-corrected chi connectivity index (χ3v) is 5.06. The van der Waals surface area contributed by atoms with Gasteiger partial charge in [0.15, 0.2) is 0 Å². The van der Waals surface area contributed by atoms with Crippen molar-refractivity contribution < 1.29 is 0 Å². The van der Waals surface area contributed by atoms with Crippen molar-refractivity contribution in [2.75, 3.05) is 32.7 Å². The zero-order valence-electron chi connectivity index (χ0n) is 15.6. The van der Waals surface area contributed by atoms with Crippen LogP contribution < -0.4 is 5.32 Å². The van der Waals surface area contributed by atoms with E-state index in [1.54, 1.807) is 0 Å². The molecule has 2 aromatic rings. The first-order valence-electron chi connectivity index (χ1n) is 9.49. The van der Waals surface area contributed by atoms with Crippen molar-refractivity contribution in [1.82, 2.24) is 15.1 Å². The standard InChI is InChI=1S/C22H28N4/c1-2-25-10-12-26(13-11-25)18-20-8-6-19(7-9-20)16-24-17-22-5-3-4-21(14-22)15-23/h3-9,14,24H,2,10-13,16-18H2,1H3. The van der Waals surface area contributed by atoms with E-state index >= 15 is 0 Å². The Morgan fingerprint density at radius 2 is 1.54 bits per heavy atom. The molecule has 0 saturated carbocycles. The highest BCUT2D eigenvalue weighted by molar-refractivity contribution is 5.32. The van der Waals surface area contributed by atoms with Gasteiger partial charge in [0.05, 0.1) is 11.6 Å². The molecule has 0 aromatic heterocycles. The van der Waals surface area contributed by atoms with Crippen molar-refractivity contribution in [2.45, 2.75) is 26.6 Å². The second-order valence-corrected chi connectivity index (χ2v) is 6.94. The molecule has 1 aliphatic heterocycles. The van der Waals surface area contributed by atoms with E-state index in [2.05, 4.69) is 58.4 Å². The lowest BCUT2D eigenvalue weighted by Crippen LogP contribution is -2.45. The summed E-state index contributed by atoms with van der Waals surface area (Å²) >= 11 is 0. The van der Waals surface area contributed by atoms with Crippen molar-refractivity contribution in [1.29, 1.82) is 5.26 Å². The largest absolute Gasteiger partial charge is 0.309 e. The van der Waals surface area contributed by atoms with Crippen LogP contribution in [0.2, 0.25) is 0 Å². The third-order valence-electron chi connectivity index (χ3n) is 5.06. The van der Waals surface area contributed by atoms with E-state index in [4.69, 9.17) is 5.26 Å². The van der Waals surface area contributed by atoms with Gasteiger partial charge in [-0.05, 0) is 35.4 Å². The number of nitriles is 1. The highest BCUT2D eigenvalue weighted by Crippen LogP contribution is 2.11. The molecular formula is C22H28N4. The minimum Gasteiger partial charge on any atom is -0.309 e. The lowest BCUT2D eigenvalue weighted by molar-refractivity contribution is 0.132. The van der Waals surface area contributed by atoms with E-state index in [1.165, 1.54) is 37.3 Å². The van der Waals surface area contributed by atoms with Gasteiger partial charge in [-0.3, -0.25) is 4.90 Å². The SMILES string of the molecule is CCN1CCN(Cc2ccc(CNCc3cccc(C#N)c3)cc2)CC1. The summed E-state index contributed by atoms with van der Waals surface area (Å²) in [4.78, 5) is 5.05. The molecule has 4 nitrogen and oxygen atoms in total. The summed E-state index contributed by atoms with van der Waals surface area (Å²) in [6.07, 6.45) is 0. The minimum absolute atomic E-state index is 0.716. The van der Waals surface area contributed by atoms with Gasteiger partial charge in [0, 0.05) is 45.8 Å². The lowest BCUT2D eigenvalue weighted by Gasteiger charge is -2.34. The van der Waals surface area contributed by atoms with Crippen LogP contribution in [0, 0.1) is 11.3 Å². The molecule has 0 radical (unpaired) electrons. The first-order chi connectivity index (χ1) is 12.8. The van der Waals surface area contributed by atoms with Crippen LogP contribution >= 0.6 is 0 Å². The predicted octanol–water partition coefficient (Wildman–Crippen LogP) is 2.99. The van der Waals surface area contributed by atoms with Gasteiger partial charge in [-0.1, -0.05) is 43.3 Å². The number of piperazine rings is 1. The van der Waals surface area contributed by atoms with Crippen molar-refractivity contribution in [3.63, 3.8) is 0 Å². The van der Waals surface area contributed by atoms with Crippen LogP contribution in [-0.4, -0.2) is 42.5 Å². The summed E-state index contributed by atoms with van der Waals surface area (Å²) in [5, 5.41) is 12.4. The molecule has 0 bridgehead atoms. The molecule has 1 aliphatic rings. The monoisotopic (exact) mass is 348 g/mol. The van der Waals surface area contributed by atoms with Crippen LogP contribution in [0.25, 0.3) is 0 Å². The topological polar surface area (TPSA) is 42.3 Å². The van der Waals surface area contributed by atoms with Gasteiger partial charge < -0.3 is 10.2 Å². The highest BCUT2D eigenvalue weighted by atomic mass is 15.3. The van der Waals surface area contributed by atoms with Crippen LogP contribution in [-0.2, 0) is 19.6 Å². The molecular weight excluding hydrogens is 320 g/mol. The predicted molar refractivity (Wildman–Crippen MR) is 106 cm³/mol. The maximum atomic E-state index is 8.96. The number of hydrogen-bond acceptors (Lipinski definition) is 4. The average molecular weight is 348 g/mol. The van der Waals surface area contributed by atoms with E-state index in [0.29, 0.717) is 5.56 Å². The summed E-state index contributed by atoms with van der Waals surface area (Å²) in [5.41, 5.74) is 4.54. The number of hydrogen-bond donors (Lipinski definition) is 1. The summed E-state index contributed by atoms with van der Waals surface area (Å²) in [6.45, 7) is 10.8. The molecule has 1 heterocycles. The Bertz CT molecular complexity index is 725. The zero-order valence-corrected chi connectivity index (χ0v) is 15.6. The van der Waals surface area contributed by atoms with Gasteiger partial charge >= 0.3 is 0 Å². The molecule has 3 rings (SSSR count). The molecule has 0 aliphatic carbocycles. The zero-order chi connectivity index (χ0) is 18.2. The van der Waals surface area contributed by atoms with E-state index in [1.807, 2.05) is 18.2 Å². The molecule has 0 amide bonds. The summed E-state index contributed by atoms with van der Waals surface area (Å²) in [6, 6.07) is 18.9. The van der Waals surface area contributed by atoms with Crippen molar-refractivity contribution in [2.24, 2.45) is 0 Å². The Balaban J connectivity index is 1.43. The highest BCUT2D eigenvalue weighted by Gasteiger charge is 2.15. The van der Waals surface area contributed by atoms with E-state index in [0.717, 1.165) is 31.7 Å². The third kappa shape index (κ3) is 5.40. The Morgan fingerprint density at radius 1 is 0.885 bits per heavy atom. The Hall–Kier alpha value is -2.19. The van der Waals surface area contributed by atoms with Crippen molar-refractivity contribution >= 4 is 0 Å². The first-order valence-corrected chi connectivity index (χ1v) is 9.49. The van der Waals surface area contributed by atoms with E-state index in [9.17, 15) is 0 Å². The van der Waals surface area contributed by atoms with Gasteiger partial charge in [0.1, 0.15) is 0 Å². The van der Waals surface area contributed by atoms with Crippen molar-refractivity contribution in [3.05, 3.63) is 70.8 Å². The molecule has 1 fully saturated rings. The Labute approximate surface area is 157 Å². The lowest BCUT2D eigenvalue weighted by atomic mass is 10.1. The minimum atomic E-state index is 0.716. The molecule has 136 valence electrons. The second kappa shape index (κ2) is 9.49. The maximum Gasteiger partial charge on any atom is 0.0991 e. The van der Waals surface area contributed by atoms with Gasteiger partial charge in [0.2, 0.25) is 0 Å². The first kappa shape index (κ1) is 18.6. The number of benzene rings is 2. The van der Waals surface area contributed by atoms with Gasteiger partial charge in [-0.25, -0.2) is 0 Å². The average Bonchev–Trinajstić information content (AvgIpc) is 2.70. The van der Waals surface area contributed by atoms with Crippen molar-refractivity contribution in [3.8, 4) is 6.07 Å². The Kier molecular flexibility index (Phi) is 6.79. The van der Waals surface area contributed by atoms with Crippen LogP contribution in [0.4, 0.5) is 0 Å². The molecule has 1 saturated heterocycles. The summed E-state index contributed by atoms with van der Waals surface area (Å²) in [5.74, 6) is 0. The number of rotatable bonds is 7. The number of nitrogens with zero attached hydrogens (tertiary/aromatic N) is 3. The summed E-state index contributed by atoms with van der Waals surface area (Å²) in [7, 11) is 0. The molecule has 4 heteroatoms. The van der Waals surface area contributed by atoms with Gasteiger partial charge in [0.25, 0.3) is 0 Å². The van der Waals surface area contributed by atoms with Gasteiger partial charge in [-0.2, -0.15) is 5.26 Å². The van der Waals surface area contributed by atoms with Crippen LogP contribution in [0.3, 0.4) is 0 Å². The molecule has 26 heavy (non-hydrogen) atoms. The Morgan fingerprint density at radius 3 is 2.23 bits per heavy atom. The normalized spacial score (nSPS) is 15.7. The van der Waals surface area contributed by atoms with E-state index in [-0.39, 0.29) is 0 Å². The molecule has 0 spiro atoms. The molecule has 0 unspecified atom stereocenters. The maximum absolute atomic E-state index is 8.96. The molecule has 1 N–H and O–H groups in total. The fraction of sp³-hybridized carbons (Fsp3) is 0.409. The number of likely N-dealkylation sites (N-methyl/N-ethyl adjacent to an activating group) is 1. The molecule has 0 atom stereocenters. The quantitative estimate of drug-likeness (QED) is 0.835. The van der Waals surface area contributed by atoms with Crippen LogP contribution in [0.15, 0.2) is 48.5 Å². The van der Waals surface area contributed by atoms with E-state index < -0.39 is 0 Å². The van der Waals surface area contributed by atoms with Gasteiger partial charge in [-0.15, -0.1) is 0 Å². The molecule has 2 aromatic carbocycles. The number of nitrogens with one attached hydrogen (secondary N) is 1. The van der Waals surface area contributed by atoms with Crippen LogP contribution in [0.1, 0.15) is 29.2 Å². The fourth-order valence-electron chi connectivity index (χ4n) is 3.39. The fourth-order valence-corrected chi connectivity index (χ4v) is 3.39. The smallest absolute Gasteiger partial charge is 0.0991 e. The second-order valence-electron chi connectivity index (χ2n) is 6.94.